The summed E-state index contributed by atoms with van der Waals surface area (Å²) in [5, 5.41) is 8.79. The molecule has 6 nitrogen and oxygen atoms in total. The van der Waals surface area contributed by atoms with Gasteiger partial charge in [0.1, 0.15) is 5.71 Å². The lowest BCUT2D eigenvalue weighted by atomic mass is 9.87. The van der Waals surface area contributed by atoms with E-state index in [1.807, 2.05) is 0 Å². The summed E-state index contributed by atoms with van der Waals surface area (Å²) in [4.78, 5) is 30.3. The summed E-state index contributed by atoms with van der Waals surface area (Å²) in [6.45, 7) is 3.12. The van der Waals surface area contributed by atoms with Crippen molar-refractivity contribution in [3.05, 3.63) is 67.5 Å². The summed E-state index contributed by atoms with van der Waals surface area (Å²) in [5.41, 5.74) is -1.36. The van der Waals surface area contributed by atoms with Crippen molar-refractivity contribution in [2.24, 2.45) is 5.16 Å². The summed E-state index contributed by atoms with van der Waals surface area (Å²) in [7, 11) is 0. The van der Waals surface area contributed by atoms with Gasteiger partial charge >= 0.3 is 6.18 Å². The van der Waals surface area contributed by atoms with Gasteiger partial charge in [-0.1, -0.05) is 34.9 Å². The number of rotatable bonds is 6. The Morgan fingerprint density at radius 2 is 1.88 bits per heavy atom. The van der Waals surface area contributed by atoms with E-state index in [-0.39, 0.29) is 27.9 Å². The Morgan fingerprint density at radius 3 is 2.53 bits per heavy atom. The van der Waals surface area contributed by atoms with E-state index < -0.39 is 30.0 Å². The molecule has 0 spiro atoms. The number of halogens is 5. The van der Waals surface area contributed by atoms with Crippen LogP contribution in [0.15, 0.2) is 36.1 Å². The fourth-order valence-corrected chi connectivity index (χ4v) is 5.92. The molecule has 2 N–H and O–H groups in total. The first-order chi connectivity index (χ1) is 16.1. The third-order valence-electron chi connectivity index (χ3n) is 5.63. The van der Waals surface area contributed by atoms with Gasteiger partial charge in [-0.05, 0) is 54.8 Å². The van der Waals surface area contributed by atoms with Crippen LogP contribution in [-0.4, -0.2) is 30.2 Å². The van der Waals surface area contributed by atoms with Crippen molar-refractivity contribution in [1.29, 1.82) is 0 Å². The molecule has 0 saturated heterocycles. The molecule has 180 valence electrons. The van der Waals surface area contributed by atoms with Crippen LogP contribution in [0.3, 0.4) is 0 Å². The first-order valence-electron chi connectivity index (χ1n) is 10.2. The maximum absolute atomic E-state index is 14.3. The summed E-state index contributed by atoms with van der Waals surface area (Å²) < 4.78 is 42.9. The zero-order valence-corrected chi connectivity index (χ0v) is 19.9. The Labute approximate surface area is 206 Å². The van der Waals surface area contributed by atoms with E-state index >= 15 is 0 Å². The van der Waals surface area contributed by atoms with Crippen molar-refractivity contribution in [2.75, 3.05) is 6.54 Å². The van der Waals surface area contributed by atoms with Crippen molar-refractivity contribution in [2.45, 2.75) is 37.5 Å². The minimum absolute atomic E-state index is 0.0413. The SMILES string of the molecule is C=CNC(=O)CNC(=O)c1sc(C2=NOC(c3cc(Cl)cc(Cl)c3)(C(F)(F)F)C2)c2c1CCC2. The van der Waals surface area contributed by atoms with Gasteiger partial charge in [-0.15, -0.1) is 11.3 Å². The molecule has 12 heteroatoms. The molecule has 1 unspecified atom stereocenters. The third kappa shape index (κ3) is 4.42. The van der Waals surface area contributed by atoms with Crippen LogP contribution in [0.25, 0.3) is 0 Å². The van der Waals surface area contributed by atoms with Crippen molar-refractivity contribution in [1.82, 2.24) is 10.6 Å². The Hall–Kier alpha value is -2.56. The number of alkyl halides is 3. The summed E-state index contributed by atoms with van der Waals surface area (Å²) in [6, 6.07) is 3.65. The molecule has 0 fully saturated rings. The van der Waals surface area contributed by atoms with E-state index in [1.54, 1.807) is 0 Å². The van der Waals surface area contributed by atoms with Crippen LogP contribution >= 0.6 is 34.5 Å². The van der Waals surface area contributed by atoms with Crippen LogP contribution in [0.2, 0.25) is 10.0 Å². The lowest BCUT2D eigenvalue weighted by Gasteiger charge is -2.29. The van der Waals surface area contributed by atoms with Crippen LogP contribution in [0, 0.1) is 0 Å². The van der Waals surface area contributed by atoms with Crippen LogP contribution in [0.1, 0.15) is 44.1 Å². The Kier molecular flexibility index (Phi) is 6.67. The van der Waals surface area contributed by atoms with Crippen LogP contribution in [0.5, 0.6) is 0 Å². The van der Waals surface area contributed by atoms with Gasteiger partial charge < -0.3 is 15.5 Å². The maximum Gasteiger partial charge on any atom is 0.435 e. The first kappa shape index (κ1) is 24.6. The third-order valence-corrected chi connectivity index (χ3v) is 7.38. The van der Waals surface area contributed by atoms with E-state index in [4.69, 9.17) is 28.0 Å². The van der Waals surface area contributed by atoms with Gasteiger partial charge in [0.25, 0.3) is 11.5 Å². The normalized spacial score (nSPS) is 19.3. The summed E-state index contributed by atoms with van der Waals surface area (Å²) >= 11 is 13.0. The summed E-state index contributed by atoms with van der Waals surface area (Å²) in [6.07, 6.45) is -2.24. The molecule has 2 aromatic rings. The Morgan fingerprint density at radius 1 is 1.21 bits per heavy atom. The monoisotopic (exact) mass is 531 g/mol. The number of fused-ring (bicyclic) bond motifs is 1. The number of nitrogens with zero attached hydrogens (tertiary/aromatic N) is 1. The average Bonchev–Trinajstić information content (AvgIpc) is 3.46. The van der Waals surface area contributed by atoms with Gasteiger partial charge in [0.15, 0.2) is 0 Å². The Balaban J connectivity index is 1.66. The second-order valence-electron chi connectivity index (χ2n) is 7.81. The largest absolute Gasteiger partial charge is 0.435 e. The number of amides is 2. The number of oxime groups is 1. The molecule has 1 aromatic carbocycles. The molecule has 0 bridgehead atoms. The number of hydrogen-bond donors (Lipinski definition) is 2. The number of carbonyl (C=O) groups excluding carboxylic acids is 2. The fourth-order valence-electron chi connectivity index (χ4n) is 4.10. The highest BCUT2D eigenvalue weighted by molar-refractivity contribution is 7.16. The van der Waals surface area contributed by atoms with Crippen LogP contribution < -0.4 is 10.6 Å². The van der Waals surface area contributed by atoms with E-state index in [2.05, 4.69) is 22.4 Å². The number of carbonyl (C=O) groups is 2. The highest BCUT2D eigenvalue weighted by Gasteiger charge is 2.62. The van der Waals surface area contributed by atoms with Gasteiger partial charge in [0.2, 0.25) is 5.91 Å². The second-order valence-corrected chi connectivity index (χ2v) is 9.71. The molecule has 34 heavy (non-hydrogen) atoms. The molecule has 1 aliphatic carbocycles. The number of nitrogens with one attached hydrogen (secondary N) is 2. The van der Waals surface area contributed by atoms with E-state index in [1.165, 1.54) is 12.3 Å². The van der Waals surface area contributed by atoms with Crippen molar-refractivity contribution in [3.63, 3.8) is 0 Å². The zero-order chi connectivity index (χ0) is 24.7. The number of thiophene rings is 1. The molecule has 0 saturated carbocycles. The molecular weight excluding hydrogens is 514 g/mol. The van der Waals surface area contributed by atoms with Gasteiger partial charge in [-0.3, -0.25) is 9.59 Å². The smallest absolute Gasteiger partial charge is 0.374 e. The molecule has 1 aromatic heterocycles. The molecule has 0 radical (unpaired) electrons. The molecule has 1 atom stereocenters. The predicted molar refractivity (Wildman–Crippen MR) is 123 cm³/mol. The highest BCUT2D eigenvalue weighted by atomic mass is 35.5. The topological polar surface area (TPSA) is 79.8 Å². The fraction of sp³-hybridized carbons (Fsp3) is 0.318. The van der Waals surface area contributed by atoms with E-state index in [0.717, 1.165) is 41.0 Å². The molecule has 1 aliphatic heterocycles. The van der Waals surface area contributed by atoms with Crippen LogP contribution in [-0.2, 0) is 28.1 Å². The van der Waals surface area contributed by atoms with Crippen molar-refractivity contribution < 1.29 is 27.6 Å². The predicted octanol–water partition coefficient (Wildman–Crippen LogP) is 5.12. The van der Waals surface area contributed by atoms with Gasteiger partial charge in [0, 0.05) is 15.6 Å². The molecular formula is C22H18Cl2F3N3O3S. The van der Waals surface area contributed by atoms with E-state index in [9.17, 15) is 22.8 Å². The van der Waals surface area contributed by atoms with E-state index in [0.29, 0.717) is 22.6 Å². The van der Waals surface area contributed by atoms with Gasteiger partial charge in [0.05, 0.1) is 22.7 Å². The van der Waals surface area contributed by atoms with Gasteiger partial charge in [-0.2, -0.15) is 13.2 Å². The lowest BCUT2D eigenvalue weighted by molar-refractivity contribution is -0.275. The average molecular weight is 532 g/mol. The zero-order valence-electron chi connectivity index (χ0n) is 17.5. The second kappa shape index (κ2) is 9.24. The molecule has 2 heterocycles. The molecule has 4 rings (SSSR count). The van der Waals surface area contributed by atoms with Gasteiger partial charge in [-0.25, -0.2) is 0 Å². The molecule has 2 aliphatic rings. The van der Waals surface area contributed by atoms with Crippen LogP contribution in [0.4, 0.5) is 13.2 Å². The first-order valence-corrected chi connectivity index (χ1v) is 11.7. The highest BCUT2D eigenvalue weighted by Crippen LogP contribution is 2.51. The van der Waals surface area contributed by atoms with Crippen molar-refractivity contribution >= 4 is 52.1 Å². The number of benzene rings is 1. The summed E-state index contributed by atoms with van der Waals surface area (Å²) in [5.74, 6) is -0.919. The number of hydrogen-bond acceptors (Lipinski definition) is 5. The lowest BCUT2D eigenvalue weighted by Crippen LogP contribution is -2.42. The minimum atomic E-state index is -4.81. The standard InChI is InChI=1S/C22H18Cl2F3N3O3S/c1-2-28-17(31)10-29-20(32)19-15-5-3-4-14(15)18(34-19)16-9-21(33-30-16,22(25,26)27)11-6-12(23)8-13(24)7-11/h2,6-8H,1,3-5,9-10H2,(H,28,31)(H,29,32). The quantitative estimate of drug-likeness (QED) is 0.543. The molecule has 2 amide bonds. The Bertz CT molecular complexity index is 1190. The maximum atomic E-state index is 14.3. The van der Waals surface area contributed by atoms with Crippen molar-refractivity contribution in [3.8, 4) is 0 Å². The minimum Gasteiger partial charge on any atom is -0.374 e.